The van der Waals surface area contributed by atoms with Gasteiger partial charge in [0.1, 0.15) is 0 Å². The van der Waals surface area contributed by atoms with Crippen LogP contribution in [0.3, 0.4) is 0 Å². The van der Waals surface area contributed by atoms with Crippen LogP contribution in [-0.2, 0) is 20.3 Å². The normalized spacial score (nSPS) is 18.0. The van der Waals surface area contributed by atoms with Crippen LogP contribution < -0.4 is 34.3 Å². The van der Waals surface area contributed by atoms with Gasteiger partial charge in [-0.3, -0.25) is 0 Å². The Labute approximate surface area is 273 Å². The van der Waals surface area contributed by atoms with E-state index in [4.69, 9.17) is 9.47 Å². The summed E-state index contributed by atoms with van der Waals surface area (Å²) < 4.78 is 15.2. The van der Waals surface area contributed by atoms with E-state index in [2.05, 4.69) is 111 Å². The Morgan fingerprint density at radius 3 is 1.30 bits per heavy atom. The van der Waals surface area contributed by atoms with Gasteiger partial charge in [0.15, 0.2) is 0 Å². The van der Waals surface area contributed by atoms with Crippen molar-refractivity contribution < 1.29 is 54.6 Å². The quantitative estimate of drug-likeness (QED) is 0.273. The fourth-order valence-electron chi connectivity index (χ4n) is 7.83. The van der Waals surface area contributed by atoms with E-state index in [0.717, 1.165) is 24.3 Å². The van der Waals surface area contributed by atoms with E-state index in [1.165, 1.54) is 41.6 Å². The first-order chi connectivity index (χ1) is 20.1. The molecule has 0 amide bonds. The van der Waals surface area contributed by atoms with Crippen molar-refractivity contribution in [2.75, 3.05) is 14.2 Å². The van der Waals surface area contributed by atoms with Crippen molar-refractivity contribution in [3.8, 4) is 33.8 Å². The molecule has 5 heteroatoms. The molecule has 3 aliphatic rings. The number of halogens is 2. The second-order valence-electron chi connectivity index (χ2n) is 11.8. The van der Waals surface area contributed by atoms with Gasteiger partial charge in [-0.15, -0.1) is 0 Å². The maximum atomic E-state index is 5.44. The molecule has 2 atom stereocenters. The number of benzene rings is 4. The number of rotatable bonds is 8. The fourth-order valence-corrected chi connectivity index (χ4v) is 25.7. The number of hydrogen-bond donors (Lipinski definition) is 0. The van der Waals surface area contributed by atoms with Gasteiger partial charge in [-0.1, -0.05) is 0 Å². The molecule has 0 spiro atoms. The monoisotopic (exact) mass is 686 g/mol. The zero-order valence-corrected chi connectivity index (χ0v) is 29.3. The number of fused-ring (bicyclic) bond motifs is 2. The van der Waals surface area contributed by atoms with Gasteiger partial charge >= 0.3 is 250 Å². The third-order valence-electron chi connectivity index (χ3n) is 9.90. The minimum Gasteiger partial charge on any atom is -1.00 e. The molecule has 1 saturated heterocycles. The van der Waals surface area contributed by atoms with Gasteiger partial charge in [0.2, 0.25) is 0 Å². The molecule has 0 saturated carbocycles. The van der Waals surface area contributed by atoms with Crippen LogP contribution in [0.25, 0.3) is 34.4 Å². The zero-order valence-electron chi connectivity index (χ0n) is 25.3. The number of methoxy groups -OCH3 is 2. The van der Waals surface area contributed by atoms with Crippen LogP contribution in [0.15, 0.2) is 96.1 Å². The van der Waals surface area contributed by atoms with Crippen molar-refractivity contribution in [2.45, 2.75) is 42.2 Å². The summed E-state index contributed by atoms with van der Waals surface area (Å²) in [4.78, 5) is 0. The zero-order chi connectivity index (χ0) is 28.1. The van der Waals surface area contributed by atoms with Gasteiger partial charge in [0, 0.05) is 0 Å². The van der Waals surface area contributed by atoms with Crippen LogP contribution in [0.4, 0.5) is 0 Å². The number of allylic oxidation sites excluding steroid dienone is 2. The van der Waals surface area contributed by atoms with Crippen molar-refractivity contribution >= 4 is 12.2 Å². The Morgan fingerprint density at radius 2 is 0.977 bits per heavy atom. The van der Waals surface area contributed by atoms with Gasteiger partial charge in [0.25, 0.3) is 0 Å². The first kappa shape index (κ1) is 31.8. The van der Waals surface area contributed by atoms with E-state index in [0.29, 0.717) is 7.25 Å². The van der Waals surface area contributed by atoms with Crippen LogP contribution >= 0.6 is 0 Å². The molecule has 4 aromatic carbocycles. The largest absolute Gasteiger partial charge is 1.00 e. The molecular formula is C38H38Cl2O2Zr. The van der Waals surface area contributed by atoms with Crippen molar-refractivity contribution in [1.82, 2.24) is 0 Å². The average Bonchev–Trinajstić information content (AvgIpc) is 3.56. The molecule has 4 aromatic rings. The maximum Gasteiger partial charge on any atom is -1.00 e. The summed E-state index contributed by atoms with van der Waals surface area (Å²) in [7, 11) is 3.47. The summed E-state index contributed by atoms with van der Waals surface area (Å²) >= 11 is -2.71. The molecule has 1 aliphatic heterocycles. The van der Waals surface area contributed by atoms with E-state index in [-0.39, 0.29) is 24.8 Å². The van der Waals surface area contributed by atoms with E-state index >= 15 is 0 Å². The molecule has 2 aliphatic carbocycles. The minimum atomic E-state index is -2.71. The van der Waals surface area contributed by atoms with Crippen LogP contribution in [0, 0.1) is 0 Å². The third-order valence-corrected chi connectivity index (χ3v) is 23.0. The van der Waals surface area contributed by atoms with E-state index in [1.54, 1.807) is 36.5 Å². The molecule has 0 radical (unpaired) electrons. The molecule has 2 nitrogen and oxygen atoms in total. The molecule has 0 bridgehead atoms. The fraction of sp³-hybridized carbons (Fsp3) is 0.263. The van der Waals surface area contributed by atoms with Gasteiger partial charge in [0.05, 0.1) is 0 Å². The van der Waals surface area contributed by atoms with Crippen LogP contribution in [0.5, 0.6) is 11.5 Å². The smallest absolute Gasteiger partial charge is 1.00 e. The first-order valence-electron chi connectivity index (χ1n) is 15.1. The van der Waals surface area contributed by atoms with Crippen LogP contribution in [0.1, 0.15) is 56.2 Å². The van der Waals surface area contributed by atoms with E-state index < -0.39 is 20.3 Å². The molecule has 1 heterocycles. The molecule has 0 N–H and O–H groups in total. The third kappa shape index (κ3) is 5.26. The predicted molar refractivity (Wildman–Crippen MR) is 168 cm³/mol. The Bertz CT molecular complexity index is 1560. The van der Waals surface area contributed by atoms with Gasteiger partial charge in [-0.2, -0.15) is 0 Å². The van der Waals surface area contributed by atoms with Crippen LogP contribution in [-0.4, -0.2) is 14.2 Å². The molecule has 1 fully saturated rings. The Hall–Kier alpha value is -2.58. The number of ether oxygens (including phenoxy) is 2. The van der Waals surface area contributed by atoms with E-state index in [9.17, 15) is 0 Å². The molecule has 0 aromatic heterocycles. The summed E-state index contributed by atoms with van der Waals surface area (Å²) in [6.45, 7) is 4.75. The second-order valence-corrected chi connectivity index (χ2v) is 23.2. The van der Waals surface area contributed by atoms with Crippen molar-refractivity contribution in [3.05, 3.63) is 118 Å². The molecule has 220 valence electrons. The topological polar surface area (TPSA) is 18.5 Å². The summed E-state index contributed by atoms with van der Waals surface area (Å²) in [5.41, 5.74) is 14.8. The Morgan fingerprint density at radius 1 is 0.581 bits per heavy atom. The minimum absolute atomic E-state index is 0. The summed E-state index contributed by atoms with van der Waals surface area (Å²) in [5.74, 6) is 1.81. The molecule has 7 rings (SSSR count). The molecular weight excluding hydrogens is 651 g/mol. The van der Waals surface area contributed by atoms with E-state index in [1.807, 2.05) is 0 Å². The Balaban J connectivity index is 0.00000184. The average molecular weight is 689 g/mol. The predicted octanol–water partition coefficient (Wildman–Crippen LogP) is 4.45. The standard InChI is InChI=1S/2C18H17O.C2H4.2ClH.Zr/c2*1-3-13-11-15-5-4-6-17(18(15)12-13)14-7-9-16(19-2)10-8-14;1-2;;;/h2*4-12H,3H2,1-2H3;1-2H2;2*1H;/q;;;;;+2/p-2. The van der Waals surface area contributed by atoms with Crippen molar-refractivity contribution in [3.63, 3.8) is 0 Å². The SMILES string of the molecule is CCC1=Cc2c(-c3ccc(OC)cc3)cccc2[CH]1[Zr+2]1([CH]2C(CC)=Cc3c(-c4ccc(OC)cc4)cccc32)[CH2][CH2]1.[Cl-].[Cl-]. The van der Waals surface area contributed by atoms with Gasteiger partial charge in [-0.05, 0) is 0 Å². The maximum absolute atomic E-state index is 5.44. The van der Waals surface area contributed by atoms with Crippen LogP contribution in [0.2, 0.25) is 8.26 Å². The molecule has 2 unspecified atom stereocenters. The first-order valence-corrected chi connectivity index (χ1v) is 21.4. The van der Waals surface area contributed by atoms with Gasteiger partial charge < -0.3 is 24.8 Å². The molecule has 43 heavy (non-hydrogen) atoms. The van der Waals surface area contributed by atoms with Gasteiger partial charge in [-0.25, -0.2) is 0 Å². The Kier molecular flexibility index (Phi) is 9.48. The second kappa shape index (κ2) is 12.8. The van der Waals surface area contributed by atoms with Crippen molar-refractivity contribution in [1.29, 1.82) is 0 Å². The van der Waals surface area contributed by atoms with Crippen molar-refractivity contribution in [2.24, 2.45) is 0 Å². The summed E-state index contributed by atoms with van der Waals surface area (Å²) in [6, 6.07) is 31.3. The summed E-state index contributed by atoms with van der Waals surface area (Å²) in [6.07, 6.45) is 7.43. The summed E-state index contributed by atoms with van der Waals surface area (Å²) in [5, 5.41) is 0. The number of hydrogen-bond acceptors (Lipinski definition) is 2.